The number of nitrogens with zero attached hydrogens (tertiary/aromatic N) is 2. The molecule has 1 amide bonds. The third-order valence-electron chi connectivity index (χ3n) is 5.02. The quantitative estimate of drug-likeness (QED) is 0.454. The maximum atomic E-state index is 12.8. The summed E-state index contributed by atoms with van der Waals surface area (Å²) < 4.78 is 42.5. The third kappa shape index (κ3) is 5.84. The number of nitrogen functional groups attached to an aromatic ring is 1. The SMILES string of the molecule is CCP(=O)(CS(=O)(=O)c1ccc(NC(=O)c2nc(-c3ccc(C)cc3)cnc2N)cc1)OC. The first-order chi connectivity index (χ1) is 15.6. The van der Waals surface area contributed by atoms with Crippen molar-refractivity contribution >= 4 is 34.6 Å². The van der Waals surface area contributed by atoms with Crippen LogP contribution in [0.25, 0.3) is 11.3 Å². The number of sulfone groups is 1. The van der Waals surface area contributed by atoms with Crippen molar-refractivity contribution in [3.63, 3.8) is 0 Å². The monoisotopic (exact) mass is 488 g/mol. The molecule has 0 spiro atoms. The van der Waals surface area contributed by atoms with E-state index in [1.165, 1.54) is 37.6 Å². The first kappa shape index (κ1) is 24.6. The number of nitrogens with two attached hydrogens (primary N) is 1. The lowest BCUT2D eigenvalue weighted by molar-refractivity contribution is 0.102. The lowest BCUT2D eigenvalue weighted by Gasteiger charge is -2.14. The number of rotatable bonds is 8. The van der Waals surface area contributed by atoms with E-state index in [9.17, 15) is 17.8 Å². The molecular weight excluding hydrogens is 463 g/mol. The van der Waals surface area contributed by atoms with Gasteiger partial charge < -0.3 is 15.6 Å². The van der Waals surface area contributed by atoms with Crippen LogP contribution in [0.5, 0.6) is 0 Å². The van der Waals surface area contributed by atoms with Crippen LogP contribution in [-0.4, -0.2) is 43.1 Å². The van der Waals surface area contributed by atoms with Crippen molar-refractivity contribution in [1.29, 1.82) is 0 Å². The Kier molecular flexibility index (Phi) is 7.31. The molecule has 1 aromatic heterocycles. The second-order valence-electron chi connectivity index (χ2n) is 7.39. The van der Waals surface area contributed by atoms with Crippen molar-refractivity contribution in [3.8, 4) is 11.3 Å². The number of hydrogen-bond donors (Lipinski definition) is 2. The number of carbonyl (C=O) groups excluding carboxylic acids is 1. The van der Waals surface area contributed by atoms with Crippen LogP contribution in [0.15, 0.2) is 59.6 Å². The zero-order valence-electron chi connectivity index (χ0n) is 18.5. The highest BCUT2D eigenvalue weighted by Gasteiger charge is 2.29. The average Bonchev–Trinajstić information content (AvgIpc) is 2.80. The molecule has 0 aliphatic carbocycles. The Morgan fingerprint density at radius 3 is 2.33 bits per heavy atom. The summed E-state index contributed by atoms with van der Waals surface area (Å²) in [5, 5.41) is 2.64. The number of aromatic nitrogens is 2. The maximum Gasteiger partial charge on any atom is 0.278 e. The van der Waals surface area contributed by atoms with Crippen LogP contribution in [0, 0.1) is 6.92 Å². The molecule has 0 aliphatic heterocycles. The number of amides is 1. The summed E-state index contributed by atoms with van der Waals surface area (Å²) in [7, 11) is -5.86. The highest BCUT2D eigenvalue weighted by Crippen LogP contribution is 2.47. The van der Waals surface area contributed by atoms with Crippen LogP contribution in [0.4, 0.5) is 11.5 Å². The molecule has 2 aromatic carbocycles. The van der Waals surface area contributed by atoms with Gasteiger partial charge in [-0.25, -0.2) is 18.4 Å². The standard InChI is InChI=1S/C22H25N4O5PS/c1-4-32(28,31-3)14-33(29,30)18-11-9-17(10-12-18)25-22(27)20-21(23)24-13-19(26-20)16-7-5-15(2)6-8-16/h5-13H,4,14H2,1-3H3,(H2,23,24)(H,25,27). The Labute approximate surface area is 192 Å². The van der Waals surface area contributed by atoms with Crippen LogP contribution < -0.4 is 11.1 Å². The first-order valence-corrected chi connectivity index (χ1v) is 13.7. The average molecular weight is 489 g/mol. The Bertz CT molecular complexity index is 1300. The molecular formula is C22H25N4O5PS. The molecule has 3 rings (SSSR count). The number of carbonyl (C=O) groups is 1. The fraction of sp³-hybridized carbons (Fsp3) is 0.227. The third-order valence-corrected chi connectivity index (χ3v) is 10.6. The van der Waals surface area contributed by atoms with Crippen molar-refractivity contribution < 1.29 is 22.3 Å². The van der Waals surface area contributed by atoms with E-state index >= 15 is 0 Å². The molecule has 0 aliphatic rings. The van der Waals surface area contributed by atoms with Crippen LogP contribution in [0.2, 0.25) is 0 Å². The van der Waals surface area contributed by atoms with E-state index in [1.807, 2.05) is 31.2 Å². The minimum atomic E-state index is -3.83. The summed E-state index contributed by atoms with van der Waals surface area (Å²) >= 11 is 0. The predicted molar refractivity (Wildman–Crippen MR) is 128 cm³/mol. The summed E-state index contributed by atoms with van der Waals surface area (Å²) in [6, 6.07) is 13.1. The smallest absolute Gasteiger partial charge is 0.278 e. The highest BCUT2D eigenvalue weighted by atomic mass is 32.2. The van der Waals surface area contributed by atoms with E-state index in [1.54, 1.807) is 6.92 Å². The summed E-state index contributed by atoms with van der Waals surface area (Å²) in [5.74, 6) is -0.614. The van der Waals surface area contributed by atoms with E-state index in [2.05, 4.69) is 15.3 Å². The van der Waals surface area contributed by atoms with Gasteiger partial charge >= 0.3 is 0 Å². The van der Waals surface area contributed by atoms with Gasteiger partial charge in [0, 0.05) is 24.5 Å². The van der Waals surface area contributed by atoms with Gasteiger partial charge in [0.2, 0.25) is 7.37 Å². The topological polar surface area (TPSA) is 141 Å². The van der Waals surface area contributed by atoms with Gasteiger partial charge in [-0.3, -0.25) is 9.36 Å². The molecule has 0 fully saturated rings. The fourth-order valence-electron chi connectivity index (χ4n) is 2.97. The molecule has 1 atom stereocenters. The van der Waals surface area contributed by atoms with Gasteiger partial charge in [0.15, 0.2) is 21.3 Å². The molecule has 11 heteroatoms. The van der Waals surface area contributed by atoms with Crippen molar-refractivity contribution in [2.75, 3.05) is 29.8 Å². The highest BCUT2D eigenvalue weighted by molar-refractivity contribution is 7.98. The molecule has 33 heavy (non-hydrogen) atoms. The predicted octanol–water partition coefficient (Wildman–Crippen LogP) is 3.96. The van der Waals surface area contributed by atoms with E-state index in [0.29, 0.717) is 11.4 Å². The number of nitrogens with one attached hydrogen (secondary N) is 1. The lowest BCUT2D eigenvalue weighted by Crippen LogP contribution is -2.17. The number of anilines is 2. The molecule has 0 bridgehead atoms. The number of hydrogen-bond acceptors (Lipinski definition) is 8. The van der Waals surface area contributed by atoms with Gasteiger partial charge in [0.25, 0.3) is 5.91 Å². The van der Waals surface area contributed by atoms with Gasteiger partial charge in [-0.1, -0.05) is 36.8 Å². The van der Waals surface area contributed by atoms with Gasteiger partial charge in [0.05, 0.1) is 16.8 Å². The Balaban J connectivity index is 1.79. The molecule has 174 valence electrons. The van der Waals surface area contributed by atoms with Gasteiger partial charge in [-0.15, -0.1) is 0 Å². The first-order valence-electron chi connectivity index (χ1n) is 10.0. The lowest BCUT2D eigenvalue weighted by atomic mass is 10.1. The van der Waals surface area contributed by atoms with Gasteiger partial charge in [-0.05, 0) is 31.2 Å². The van der Waals surface area contributed by atoms with Crippen molar-refractivity contribution in [2.45, 2.75) is 18.7 Å². The Morgan fingerprint density at radius 1 is 1.12 bits per heavy atom. The number of aryl methyl sites for hydroxylation is 1. The Hall–Kier alpha value is -3.07. The summed E-state index contributed by atoms with van der Waals surface area (Å²) in [5.41, 5.74) is 7.94. The zero-order valence-corrected chi connectivity index (χ0v) is 20.2. The molecule has 1 unspecified atom stereocenters. The maximum absolute atomic E-state index is 12.8. The van der Waals surface area contributed by atoms with Crippen LogP contribution in [0.3, 0.4) is 0 Å². The van der Waals surface area contributed by atoms with Crippen molar-refractivity contribution in [3.05, 3.63) is 66.0 Å². The van der Waals surface area contributed by atoms with Crippen LogP contribution >= 0.6 is 7.37 Å². The summed E-state index contributed by atoms with van der Waals surface area (Å²) in [4.78, 5) is 21.2. The van der Waals surface area contributed by atoms with Crippen molar-refractivity contribution in [1.82, 2.24) is 9.97 Å². The summed E-state index contributed by atoms with van der Waals surface area (Å²) in [6.45, 7) is 3.58. The van der Waals surface area contributed by atoms with E-state index in [0.717, 1.165) is 11.1 Å². The van der Waals surface area contributed by atoms with Gasteiger partial charge in [-0.2, -0.15) is 0 Å². The zero-order chi connectivity index (χ0) is 24.2. The molecule has 3 N–H and O–H groups in total. The molecule has 0 saturated carbocycles. The van der Waals surface area contributed by atoms with Crippen LogP contribution in [0.1, 0.15) is 23.0 Å². The molecule has 1 heterocycles. The fourth-order valence-corrected chi connectivity index (χ4v) is 7.60. The minimum Gasteiger partial charge on any atom is -0.382 e. The second kappa shape index (κ2) is 9.82. The number of benzene rings is 2. The molecule has 0 radical (unpaired) electrons. The molecule has 3 aromatic rings. The summed E-state index contributed by atoms with van der Waals surface area (Å²) in [6.07, 6.45) is 1.60. The normalized spacial score (nSPS) is 13.3. The Morgan fingerprint density at radius 2 is 1.76 bits per heavy atom. The van der Waals surface area contributed by atoms with Crippen molar-refractivity contribution in [2.24, 2.45) is 0 Å². The molecule has 9 nitrogen and oxygen atoms in total. The van der Waals surface area contributed by atoms with Gasteiger partial charge in [0.1, 0.15) is 5.49 Å². The van der Waals surface area contributed by atoms with Crippen LogP contribution in [-0.2, 0) is 18.9 Å². The minimum absolute atomic E-state index is 0.0214. The molecule has 0 saturated heterocycles. The van der Waals surface area contributed by atoms with E-state index < -0.39 is 28.6 Å². The van der Waals surface area contributed by atoms with E-state index in [-0.39, 0.29) is 22.6 Å². The second-order valence-corrected chi connectivity index (χ2v) is 12.8. The van der Waals surface area contributed by atoms with E-state index in [4.69, 9.17) is 10.3 Å². The largest absolute Gasteiger partial charge is 0.382 e.